The summed E-state index contributed by atoms with van der Waals surface area (Å²) in [6, 6.07) is 16.7. The van der Waals surface area contributed by atoms with Crippen LogP contribution in [-0.4, -0.2) is 111 Å². The summed E-state index contributed by atoms with van der Waals surface area (Å²) >= 11 is 0. The molecule has 2 unspecified atom stereocenters. The number of para-hydroxylation sites is 2. The molecule has 308 valence electrons. The number of piperidine rings is 2. The Kier molecular flexibility index (Phi) is 18.8. The van der Waals surface area contributed by atoms with E-state index in [0.717, 1.165) is 162 Å². The Morgan fingerprint density at radius 3 is 1.33 bits per heavy atom. The minimum atomic E-state index is 0.362. The van der Waals surface area contributed by atoms with Crippen molar-refractivity contribution in [2.24, 2.45) is 11.8 Å². The number of methoxy groups -OCH3 is 2. The summed E-state index contributed by atoms with van der Waals surface area (Å²) in [5.41, 5.74) is 2.54. The third-order valence-corrected chi connectivity index (χ3v) is 13.4. The van der Waals surface area contributed by atoms with E-state index >= 15 is 0 Å². The molecule has 0 aromatic heterocycles. The minimum absolute atomic E-state index is 0.362. The van der Waals surface area contributed by atoms with Gasteiger partial charge in [-0.2, -0.15) is 0 Å². The topological polar surface area (TPSA) is 59.1 Å². The normalized spacial score (nSPS) is 17.8. The summed E-state index contributed by atoms with van der Waals surface area (Å²) < 4.78 is 13.2. The average Bonchev–Trinajstić information content (AvgIpc) is 3.21. The number of ether oxygens (including phenoxy) is 2. The van der Waals surface area contributed by atoms with Crippen LogP contribution in [0.25, 0.3) is 0 Å². The molecule has 2 atom stereocenters. The van der Waals surface area contributed by atoms with Gasteiger partial charge in [-0.3, -0.25) is 9.59 Å². The van der Waals surface area contributed by atoms with Gasteiger partial charge in [0.25, 0.3) is 0 Å². The van der Waals surface area contributed by atoms with Crippen molar-refractivity contribution in [2.45, 2.75) is 123 Å². The molecular weight excluding hydrogens is 685 g/mol. The van der Waals surface area contributed by atoms with Crippen LogP contribution in [0.3, 0.4) is 0 Å². The highest BCUT2D eigenvalue weighted by Crippen LogP contribution is 2.29. The molecule has 0 aliphatic carbocycles. The first kappa shape index (κ1) is 44.6. The van der Waals surface area contributed by atoms with Crippen molar-refractivity contribution in [2.75, 3.05) is 80.7 Å². The Morgan fingerprint density at radius 1 is 0.582 bits per heavy atom. The van der Waals surface area contributed by atoms with Gasteiger partial charge in [0, 0.05) is 50.1 Å². The Balaban J connectivity index is 1.00. The smallest absolute Gasteiger partial charge is 0.222 e. The van der Waals surface area contributed by atoms with Gasteiger partial charge in [-0.25, -0.2) is 0 Å². The largest absolute Gasteiger partial charge is 0.496 e. The van der Waals surface area contributed by atoms with Gasteiger partial charge in [-0.15, -0.1) is 0 Å². The fraction of sp³-hybridized carbons (Fsp3) is 0.702. The van der Waals surface area contributed by atoms with E-state index in [1.54, 1.807) is 14.2 Å². The third kappa shape index (κ3) is 14.7. The first-order valence-electron chi connectivity index (χ1n) is 22.1. The summed E-state index contributed by atoms with van der Waals surface area (Å²) in [6.07, 6.45) is 16.4. The zero-order chi connectivity index (χ0) is 39.5. The summed E-state index contributed by atoms with van der Waals surface area (Å²) in [4.78, 5) is 30.3. The van der Waals surface area contributed by atoms with Gasteiger partial charge in [-0.1, -0.05) is 43.5 Å². The molecule has 0 radical (unpaired) electrons. The molecule has 2 saturated heterocycles. The first-order valence-corrected chi connectivity index (χ1v) is 22.1. The molecule has 0 bridgehead atoms. The van der Waals surface area contributed by atoms with Gasteiger partial charge in [0.1, 0.15) is 24.6 Å². The fourth-order valence-electron chi connectivity index (χ4n) is 9.03. The zero-order valence-corrected chi connectivity index (χ0v) is 35.9. The van der Waals surface area contributed by atoms with Gasteiger partial charge in [0.2, 0.25) is 11.8 Å². The molecule has 4 rings (SSSR count). The summed E-state index contributed by atoms with van der Waals surface area (Å²) in [5, 5.41) is 0. The highest BCUT2D eigenvalue weighted by molar-refractivity contribution is 5.76. The molecule has 2 aliphatic heterocycles. The highest BCUT2D eigenvalue weighted by Gasteiger charge is 2.26. The molecular formula is C47H78N4O4+2. The number of benzene rings is 2. The highest BCUT2D eigenvalue weighted by atomic mass is 16.5. The summed E-state index contributed by atoms with van der Waals surface area (Å²) in [6.45, 7) is 14.7. The maximum atomic E-state index is 13.0. The quantitative estimate of drug-likeness (QED) is 0.0792. The Hall–Kier alpha value is -3.10. The maximum absolute atomic E-state index is 13.0. The van der Waals surface area contributed by atoms with Crippen LogP contribution in [0.4, 0.5) is 0 Å². The number of carbonyl (C=O) groups is 2. The Labute approximate surface area is 335 Å². The van der Waals surface area contributed by atoms with Gasteiger partial charge in [-0.05, 0) is 114 Å². The predicted octanol–water partition coefficient (Wildman–Crippen LogP) is 9.11. The van der Waals surface area contributed by atoms with Crippen molar-refractivity contribution in [1.29, 1.82) is 0 Å². The predicted molar refractivity (Wildman–Crippen MR) is 226 cm³/mol. The van der Waals surface area contributed by atoms with Crippen LogP contribution in [0, 0.1) is 11.8 Å². The number of nitrogens with zero attached hydrogens (tertiary/aromatic N) is 4. The Morgan fingerprint density at radius 2 is 0.964 bits per heavy atom. The van der Waals surface area contributed by atoms with Crippen LogP contribution in [0.15, 0.2) is 48.5 Å². The molecule has 8 heteroatoms. The van der Waals surface area contributed by atoms with Crippen LogP contribution in [-0.2, 0) is 22.7 Å². The lowest BCUT2D eigenvalue weighted by molar-refractivity contribution is -0.921. The van der Waals surface area contributed by atoms with Gasteiger partial charge < -0.3 is 28.2 Å². The third-order valence-electron chi connectivity index (χ3n) is 13.4. The first-order chi connectivity index (χ1) is 26.6. The summed E-state index contributed by atoms with van der Waals surface area (Å²) in [5.74, 6) is 4.19. The number of amides is 2. The molecule has 55 heavy (non-hydrogen) atoms. The van der Waals surface area contributed by atoms with Crippen molar-refractivity contribution >= 4 is 11.8 Å². The number of rotatable bonds is 24. The number of hydrogen-bond donors (Lipinski definition) is 0. The van der Waals surface area contributed by atoms with E-state index in [1.165, 1.54) is 30.4 Å². The molecule has 0 spiro atoms. The Bertz CT molecular complexity index is 1310. The van der Waals surface area contributed by atoms with Crippen LogP contribution >= 0.6 is 0 Å². The van der Waals surface area contributed by atoms with E-state index < -0.39 is 0 Å². The van der Waals surface area contributed by atoms with Crippen LogP contribution in [0.2, 0.25) is 0 Å². The average molecular weight is 763 g/mol. The molecule has 2 amide bonds. The number of unbranched alkanes of at least 4 members (excludes halogenated alkanes) is 4. The molecule has 2 aromatic carbocycles. The van der Waals surface area contributed by atoms with E-state index in [9.17, 15) is 9.59 Å². The molecule has 2 fully saturated rings. The lowest BCUT2D eigenvalue weighted by Crippen LogP contribution is -2.43. The number of carbonyl (C=O) groups excluding carboxylic acids is 2. The molecule has 8 nitrogen and oxygen atoms in total. The number of hydrogen-bond acceptors (Lipinski definition) is 4. The second kappa shape index (κ2) is 23.2. The van der Waals surface area contributed by atoms with Crippen molar-refractivity contribution < 1.29 is 28.0 Å². The van der Waals surface area contributed by atoms with Crippen molar-refractivity contribution in [1.82, 2.24) is 9.80 Å². The van der Waals surface area contributed by atoms with E-state index in [2.05, 4.69) is 74.1 Å². The molecule has 2 aliphatic rings. The zero-order valence-electron chi connectivity index (χ0n) is 35.9. The van der Waals surface area contributed by atoms with E-state index in [4.69, 9.17) is 9.47 Å². The maximum Gasteiger partial charge on any atom is 0.222 e. The monoisotopic (exact) mass is 763 g/mol. The second-order valence-corrected chi connectivity index (χ2v) is 17.5. The molecule has 2 heterocycles. The van der Waals surface area contributed by atoms with Gasteiger partial charge in [0.05, 0.1) is 54.5 Å². The lowest BCUT2D eigenvalue weighted by atomic mass is 9.86. The van der Waals surface area contributed by atoms with Crippen LogP contribution in [0.1, 0.15) is 121 Å². The van der Waals surface area contributed by atoms with E-state index in [-0.39, 0.29) is 0 Å². The van der Waals surface area contributed by atoms with E-state index in [1.807, 2.05) is 12.1 Å². The molecule has 0 saturated carbocycles. The van der Waals surface area contributed by atoms with Crippen LogP contribution < -0.4 is 9.47 Å². The molecule has 0 N–H and O–H groups in total. The number of quaternary nitrogens is 2. The SMILES string of the molecule is CC[N+](C)(CCCCCC(=O)N1CCC(CCCC2CCN(C(=O)CCCCC[N+](C)(CC)Cc3ccccc3OC)CC2)CC1)Cc1ccccc1OC. The van der Waals surface area contributed by atoms with Crippen molar-refractivity contribution in [3.8, 4) is 11.5 Å². The fourth-order valence-corrected chi connectivity index (χ4v) is 9.03. The van der Waals surface area contributed by atoms with Crippen molar-refractivity contribution in [3.05, 3.63) is 59.7 Å². The van der Waals surface area contributed by atoms with Gasteiger partial charge >= 0.3 is 0 Å². The van der Waals surface area contributed by atoms with Crippen LogP contribution in [0.5, 0.6) is 11.5 Å². The second-order valence-electron chi connectivity index (χ2n) is 17.5. The van der Waals surface area contributed by atoms with Gasteiger partial charge in [0.15, 0.2) is 0 Å². The number of likely N-dealkylation sites (tertiary alicyclic amines) is 2. The van der Waals surface area contributed by atoms with E-state index in [0.29, 0.717) is 24.7 Å². The summed E-state index contributed by atoms with van der Waals surface area (Å²) in [7, 11) is 8.18. The molecule has 2 aromatic rings. The van der Waals surface area contributed by atoms with Crippen molar-refractivity contribution in [3.63, 3.8) is 0 Å². The standard InChI is InChI=1S/C47H78N4O4/c1-7-50(3,38-42-22-13-15-24-44(42)54-5)36-17-9-11-26-46(52)48-32-28-40(29-33-48)20-19-21-41-30-34-49(35-31-41)47(53)27-12-10-18-37-51(4,8-2)39-43-23-14-16-25-45(43)55-6/h13-16,22-25,40-41H,7-12,17-21,26-39H2,1-6H3/q+2. The minimum Gasteiger partial charge on any atom is -0.496 e. The lowest BCUT2D eigenvalue weighted by Gasteiger charge is -2.34.